The Morgan fingerprint density at radius 2 is 2.06 bits per heavy atom. The summed E-state index contributed by atoms with van der Waals surface area (Å²) in [6, 6.07) is 7.72. The molecule has 0 amide bonds. The Morgan fingerprint density at radius 1 is 1.29 bits per heavy atom. The van der Waals surface area contributed by atoms with Gasteiger partial charge in [-0.2, -0.15) is 5.10 Å². The van der Waals surface area contributed by atoms with Crippen molar-refractivity contribution in [3.05, 3.63) is 62.2 Å². The maximum Gasteiger partial charge on any atom is 0.169 e. The fourth-order valence-electron chi connectivity index (χ4n) is 4.16. The molecule has 0 aliphatic carbocycles. The number of carbonyl (C=O) groups is 2. The van der Waals surface area contributed by atoms with Crippen molar-refractivity contribution < 1.29 is 14.3 Å². The van der Waals surface area contributed by atoms with Gasteiger partial charge in [-0.25, -0.2) is 0 Å². The predicted molar refractivity (Wildman–Crippen MR) is 143 cm³/mol. The summed E-state index contributed by atoms with van der Waals surface area (Å²) >= 11 is 14.4. The molecule has 0 fully saturated rings. The first-order valence-corrected chi connectivity index (χ1v) is 13.2. The average Bonchev–Trinajstić information content (AvgIpc) is 3.49. The molecule has 0 bridgehead atoms. The van der Waals surface area contributed by atoms with E-state index in [2.05, 4.69) is 25.0 Å². The maximum atomic E-state index is 12.6. The third-order valence-corrected chi connectivity index (χ3v) is 7.80. The third-order valence-electron chi connectivity index (χ3n) is 5.89. The number of allylic oxidation sites excluding steroid dienone is 1. The summed E-state index contributed by atoms with van der Waals surface area (Å²) in [5.41, 5.74) is 3.59. The first kappa shape index (κ1) is 25.7. The average molecular weight is 532 g/mol. The Kier molecular flexibility index (Phi) is 7.84. The molecule has 35 heavy (non-hydrogen) atoms. The van der Waals surface area contributed by atoms with Crippen LogP contribution in [0.2, 0.25) is 10.2 Å². The Hall–Kier alpha value is -2.41. The number of ether oxygens (including phenoxy) is 1. The highest BCUT2D eigenvalue weighted by Crippen LogP contribution is 2.41. The molecule has 3 heterocycles. The number of hydrogen-bond donors (Lipinski definition) is 0. The van der Waals surface area contributed by atoms with Crippen LogP contribution in [0, 0.1) is 12.8 Å². The van der Waals surface area contributed by atoms with E-state index >= 15 is 0 Å². The van der Waals surface area contributed by atoms with Crippen LogP contribution in [0.1, 0.15) is 60.1 Å². The van der Waals surface area contributed by atoms with Gasteiger partial charge in [-0.05, 0) is 68.2 Å². The van der Waals surface area contributed by atoms with Crippen molar-refractivity contribution in [3.8, 4) is 16.2 Å². The van der Waals surface area contributed by atoms with Crippen LogP contribution in [0.15, 0.2) is 30.3 Å². The normalized spacial score (nSPS) is 15.1. The van der Waals surface area contributed by atoms with Crippen molar-refractivity contribution >= 4 is 52.2 Å². The van der Waals surface area contributed by atoms with Crippen LogP contribution in [0.3, 0.4) is 0 Å². The second-order valence-electron chi connectivity index (χ2n) is 9.31. The maximum absolute atomic E-state index is 12.6. The molecule has 0 radical (unpaired) electrons. The number of ketones is 2. The molecule has 1 aromatic carbocycles. The number of hydrogen-bond acceptors (Lipinski definition) is 5. The molecule has 5 nitrogen and oxygen atoms in total. The zero-order chi connectivity index (χ0) is 25.3. The number of benzene rings is 1. The number of halogens is 2. The lowest BCUT2D eigenvalue weighted by molar-refractivity contribution is -0.115. The molecule has 0 N–H and O–H groups in total. The Balaban J connectivity index is 1.37. The largest absolute Gasteiger partial charge is 0.488 e. The summed E-state index contributed by atoms with van der Waals surface area (Å²) < 4.78 is 7.85. The molecule has 184 valence electrons. The Labute approximate surface area is 219 Å². The Morgan fingerprint density at radius 3 is 2.74 bits per heavy atom. The smallest absolute Gasteiger partial charge is 0.169 e. The van der Waals surface area contributed by atoms with E-state index in [1.807, 2.05) is 25.1 Å². The second kappa shape index (κ2) is 10.7. The number of aryl methyl sites for hydroxylation is 1. The minimum absolute atomic E-state index is 0.0127. The molecule has 8 heteroatoms. The topological polar surface area (TPSA) is 61.2 Å². The van der Waals surface area contributed by atoms with Crippen LogP contribution in [-0.4, -0.2) is 27.5 Å². The summed E-state index contributed by atoms with van der Waals surface area (Å²) in [7, 11) is 0. The van der Waals surface area contributed by atoms with Crippen LogP contribution in [0.4, 0.5) is 0 Å². The molecular formula is C27H28Cl2N2O3S. The van der Waals surface area contributed by atoms with Crippen LogP contribution in [0.5, 0.6) is 5.75 Å². The van der Waals surface area contributed by atoms with Gasteiger partial charge < -0.3 is 4.74 Å². The fourth-order valence-corrected chi connectivity index (χ4v) is 5.64. The molecule has 1 aliphatic heterocycles. The van der Waals surface area contributed by atoms with E-state index in [0.717, 1.165) is 38.7 Å². The number of rotatable bonds is 9. The van der Waals surface area contributed by atoms with Crippen LogP contribution in [-0.2, 0) is 17.8 Å². The van der Waals surface area contributed by atoms with Gasteiger partial charge in [0.15, 0.2) is 11.6 Å². The zero-order valence-corrected chi connectivity index (χ0v) is 22.6. The van der Waals surface area contributed by atoms with Crippen molar-refractivity contribution in [2.24, 2.45) is 5.92 Å². The van der Waals surface area contributed by atoms with E-state index in [0.29, 0.717) is 41.1 Å². The van der Waals surface area contributed by atoms with Gasteiger partial charge in [-0.3, -0.25) is 14.3 Å². The summed E-state index contributed by atoms with van der Waals surface area (Å²) in [5.74, 6) is 1.18. The second-order valence-corrected chi connectivity index (χ2v) is 11.2. The van der Waals surface area contributed by atoms with E-state index in [-0.39, 0.29) is 17.7 Å². The monoisotopic (exact) mass is 530 g/mol. The van der Waals surface area contributed by atoms with Gasteiger partial charge in [0.25, 0.3) is 0 Å². The van der Waals surface area contributed by atoms with Gasteiger partial charge in [0.1, 0.15) is 17.0 Å². The molecule has 0 saturated heterocycles. The van der Waals surface area contributed by atoms with Crippen molar-refractivity contribution in [1.82, 2.24) is 9.78 Å². The molecule has 1 aliphatic rings. The van der Waals surface area contributed by atoms with Gasteiger partial charge in [-0.1, -0.05) is 37.0 Å². The first-order valence-electron chi connectivity index (χ1n) is 11.7. The van der Waals surface area contributed by atoms with E-state index in [1.165, 1.54) is 11.3 Å². The summed E-state index contributed by atoms with van der Waals surface area (Å²) in [4.78, 5) is 25.9. The number of Topliss-reactive ketones (excluding diaryl/α,β-unsaturated/α-hetero) is 1. The summed E-state index contributed by atoms with van der Waals surface area (Å²) in [6.07, 6.45) is 4.88. The number of fused-ring (bicyclic) bond motifs is 1. The molecule has 4 rings (SSSR count). The number of nitrogens with zero attached hydrogens (tertiary/aromatic N) is 2. The minimum atomic E-state index is -0.106. The number of aromatic nitrogens is 2. The highest BCUT2D eigenvalue weighted by atomic mass is 35.5. The van der Waals surface area contributed by atoms with E-state index in [1.54, 1.807) is 23.8 Å². The van der Waals surface area contributed by atoms with Gasteiger partial charge >= 0.3 is 0 Å². The van der Waals surface area contributed by atoms with Crippen molar-refractivity contribution in [3.63, 3.8) is 0 Å². The molecule has 0 spiro atoms. The quantitative estimate of drug-likeness (QED) is 0.213. The van der Waals surface area contributed by atoms with E-state index in [9.17, 15) is 9.59 Å². The van der Waals surface area contributed by atoms with Gasteiger partial charge in [0, 0.05) is 35.4 Å². The number of carbonyl (C=O) groups excluding carboxylic acids is 2. The first-order chi connectivity index (χ1) is 16.6. The lowest BCUT2D eigenvalue weighted by Gasteiger charge is -2.10. The highest BCUT2D eigenvalue weighted by Gasteiger charge is 2.26. The SMILES string of the molecule is CC(=O)c1ccc(-c2cc(Cl)c3c(c2)CC(CCC(=O)/C=C/c2c(C)nn(CC(C)C)c2Cl)O3)s1. The minimum Gasteiger partial charge on any atom is -0.488 e. The van der Waals surface area contributed by atoms with Gasteiger partial charge in [0.05, 0.1) is 15.6 Å². The molecule has 2 aromatic heterocycles. The molecule has 1 unspecified atom stereocenters. The standard InChI is InChI=1S/C27H28Cl2N2O3S/c1-15(2)14-31-27(29)22(16(3)30-31)8-6-20(33)5-7-21-12-19-11-18(13-23(28)26(19)34-21)25-10-9-24(35-25)17(4)32/h6,8-11,13,15,21H,5,7,12,14H2,1-4H3/b8-6+. The molecule has 0 saturated carbocycles. The Bertz CT molecular complexity index is 1310. The fraction of sp³-hybridized carbons (Fsp3) is 0.370. The van der Waals surface area contributed by atoms with E-state index < -0.39 is 0 Å². The van der Waals surface area contributed by atoms with Crippen LogP contribution < -0.4 is 4.74 Å². The van der Waals surface area contributed by atoms with Crippen LogP contribution in [0.25, 0.3) is 16.5 Å². The molecule has 1 atom stereocenters. The third kappa shape index (κ3) is 5.88. The lowest BCUT2D eigenvalue weighted by atomic mass is 10.0. The van der Waals surface area contributed by atoms with Gasteiger partial charge in [-0.15, -0.1) is 11.3 Å². The van der Waals surface area contributed by atoms with Gasteiger partial charge in [0.2, 0.25) is 0 Å². The lowest BCUT2D eigenvalue weighted by Crippen LogP contribution is -2.14. The summed E-state index contributed by atoms with van der Waals surface area (Å²) in [5, 5.41) is 5.59. The molecular weight excluding hydrogens is 503 g/mol. The van der Waals surface area contributed by atoms with Crippen molar-refractivity contribution in [2.75, 3.05) is 0 Å². The van der Waals surface area contributed by atoms with Crippen LogP contribution >= 0.6 is 34.5 Å². The van der Waals surface area contributed by atoms with Crippen molar-refractivity contribution in [2.45, 2.75) is 59.6 Å². The zero-order valence-electron chi connectivity index (χ0n) is 20.2. The molecule has 3 aromatic rings. The van der Waals surface area contributed by atoms with E-state index in [4.69, 9.17) is 27.9 Å². The van der Waals surface area contributed by atoms with Crippen molar-refractivity contribution in [1.29, 1.82) is 0 Å². The number of thiophene rings is 1. The highest BCUT2D eigenvalue weighted by molar-refractivity contribution is 7.17. The summed E-state index contributed by atoms with van der Waals surface area (Å²) in [6.45, 7) is 8.41. The predicted octanol–water partition coefficient (Wildman–Crippen LogP) is 7.45.